The molecule has 2 heterocycles. The molecule has 0 aromatic heterocycles. The summed E-state index contributed by atoms with van der Waals surface area (Å²) in [6.07, 6.45) is 6.12. The Labute approximate surface area is 190 Å². The average Bonchev–Trinajstić information content (AvgIpc) is 3.56. The first-order valence-corrected chi connectivity index (χ1v) is 11.9. The van der Waals surface area contributed by atoms with E-state index < -0.39 is 0 Å². The molecule has 1 saturated carbocycles. The number of carbonyl (C=O) groups is 2. The summed E-state index contributed by atoms with van der Waals surface area (Å²) >= 11 is 0. The summed E-state index contributed by atoms with van der Waals surface area (Å²) in [7, 11) is 0. The highest BCUT2D eigenvalue weighted by Crippen LogP contribution is 2.48. The number of benzene rings is 2. The normalized spacial score (nSPS) is 23.1. The largest absolute Gasteiger partial charge is 0.370 e. The summed E-state index contributed by atoms with van der Waals surface area (Å²) in [5.41, 5.74) is 1.72. The van der Waals surface area contributed by atoms with Gasteiger partial charge in [0, 0.05) is 19.6 Å². The smallest absolute Gasteiger partial charge is 0.230 e. The van der Waals surface area contributed by atoms with Crippen LogP contribution in [-0.2, 0) is 26.2 Å². The van der Waals surface area contributed by atoms with Gasteiger partial charge in [-0.15, -0.1) is 0 Å². The molecule has 0 bridgehead atoms. The highest BCUT2D eigenvalue weighted by Gasteiger charge is 2.51. The topological polar surface area (TPSA) is 58.6 Å². The zero-order valence-corrected chi connectivity index (χ0v) is 18.6. The van der Waals surface area contributed by atoms with Gasteiger partial charge in [0.05, 0.1) is 23.5 Å². The fraction of sp³-hybridized carbons (Fsp3) is 0.481. The van der Waals surface area contributed by atoms with Crippen molar-refractivity contribution in [2.45, 2.75) is 62.1 Å². The van der Waals surface area contributed by atoms with Gasteiger partial charge >= 0.3 is 0 Å². The summed E-state index contributed by atoms with van der Waals surface area (Å²) < 4.78 is 6.47. The third-order valence-electron chi connectivity index (χ3n) is 7.57. The van der Waals surface area contributed by atoms with Crippen molar-refractivity contribution in [1.29, 1.82) is 0 Å². The van der Waals surface area contributed by atoms with Gasteiger partial charge in [0.25, 0.3) is 0 Å². The molecule has 5 heteroatoms. The number of ether oxygens (including phenoxy) is 1. The number of hydrogen-bond acceptors (Lipinski definition) is 3. The first-order valence-electron chi connectivity index (χ1n) is 11.9. The van der Waals surface area contributed by atoms with E-state index in [1.807, 2.05) is 53.4 Å². The molecule has 3 aliphatic rings. The highest BCUT2D eigenvalue weighted by molar-refractivity contribution is 5.91. The first kappa shape index (κ1) is 21.2. The molecule has 2 amide bonds. The lowest BCUT2D eigenvalue weighted by Crippen LogP contribution is -2.47. The quantitative estimate of drug-likeness (QED) is 0.759. The molecule has 168 valence electrons. The second-order valence-corrected chi connectivity index (χ2v) is 9.66. The SMILES string of the molecule is O=C(Cc1ccccc1)N1CCC2(CCC(CNC(=O)C3(c4ccccc4)CC3)O2)CC1. The Morgan fingerprint density at radius 1 is 0.906 bits per heavy atom. The van der Waals surface area contributed by atoms with Crippen LogP contribution < -0.4 is 5.32 Å². The predicted octanol–water partition coefficient (Wildman–Crippen LogP) is 3.62. The Balaban J connectivity index is 1.09. The van der Waals surface area contributed by atoms with E-state index in [9.17, 15) is 9.59 Å². The minimum atomic E-state index is -0.331. The van der Waals surface area contributed by atoms with Crippen molar-refractivity contribution in [2.75, 3.05) is 19.6 Å². The number of rotatable bonds is 6. The van der Waals surface area contributed by atoms with Crippen LogP contribution in [-0.4, -0.2) is 48.1 Å². The molecule has 2 aliphatic heterocycles. The third-order valence-corrected chi connectivity index (χ3v) is 7.57. The van der Waals surface area contributed by atoms with E-state index in [4.69, 9.17) is 4.74 Å². The third kappa shape index (κ3) is 4.31. The summed E-state index contributed by atoms with van der Waals surface area (Å²) in [6.45, 7) is 2.08. The van der Waals surface area contributed by atoms with Crippen LogP contribution in [0.5, 0.6) is 0 Å². The van der Waals surface area contributed by atoms with Gasteiger partial charge in [-0.1, -0.05) is 60.7 Å². The van der Waals surface area contributed by atoms with Gasteiger partial charge < -0.3 is 15.0 Å². The molecule has 0 radical (unpaired) electrons. The number of nitrogens with zero attached hydrogens (tertiary/aromatic N) is 1. The van der Waals surface area contributed by atoms with Crippen molar-refractivity contribution in [3.8, 4) is 0 Å². The number of nitrogens with one attached hydrogen (secondary N) is 1. The number of carbonyl (C=O) groups excluding carboxylic acids is 2. The predicted molar refractivity (Wildman–Crippen MR) is 123 cm³/mol. The molecule has 1 atom stereocenters. The second-order valence-electron chi connectivity index (χ2n) is 9.66. The van der Waals surface area contributed by atoms with E-state index in [1.165, 1.54) is 0 Å². The van der Waals surface area contributed by atoms with Crippen molar-refractivity contribution < 1.29 is 14.3 Å². The molecule has 2 aromatic rings. The van der Waals surface area contributed by atoms with Gasteiger partial charge in [-0.05, 0) is 49.7 Å². The molecule has 32 heavy (non-hydrogen) atoms. The molecule has 1 unspecified atom stereocenters. The van der Waals surface area contributed by atoms with E-state index in [2.05, 4.69) is 17.4 Å². The van der Waals surface area contributed by atoms with Crippen LogP contribution in [0.2, 0.25) is 0 Å². The molecule has 5 rings (SSSR count). The van der Waals surface area contributed by atoms with Crippen LogP contribution >= 0.6 is 0 Å². The van der Waals surface area contributed by atoms with Crippen molar-refractivity contribution in [2.24, 2.45) is 0 Å². The Morgan fingerprint density at radius 3 is 2.22 bits per heavy atom. The Hall–Kier alpha value is -2.66. The average molecular weight is 433 g/mol. The maximum atomic E-state index is 12.9. The maximum Gasteiger partial charge on any atom is 0.230 e. The second kappa shape index (κ2) is 8.70. The fourth-order valence-electron chi connectivity index (χ4n) is 5.36. The molecule has 3 fully saturated rings. The van der Waals surface area contributed by atoms with Crippen LogP contribution in [0.4, 0.5) is 0 Å². The van der Waals surface area contributed by atoms with E-state index >= 15 is 0 Å². The van der Waals surface area contributed by atoms with Crippen molar-refractivity contribution >= 4 is 11.8 Å². The van der Waals surface area contributed by atoms with Crippen LogP contribution in [0.1, 0.15) is 49.7 Å². The van der Waals surface area contributed by atoms with Crippen LogP contribution in [0.25, 0.3) is 0 Å². The van der Waals surface area contributed by atoms with Crippen molar-refractivity contribution in [1.82, 2.24) is 10.2 Å². The molecule has 2 saturated heterocycles. The molecule has 1 spiro atoms. The van der Waals surface area contributed by atoms with E-state index in [1.54, 1.807) is 0 Å². The summed E-state index contributed by atoms with van der Waals surface area (Å²) in [5.74, 6) is 0.332. The zero-order valence-electron chi connectivity index (χ0n) is 18.6. The summed E-state index contributed by atoms with van der Waals surface area (Å²) in [6, 6.07) is 20.0. The van der Waals surface area contributed by atoms with Gasteiger partial charge in [-0.3, -0.25) is 9.59 Å². The number of amides is 2. The lowest BCUT2D eigenvalue weighted by atomic mass is 9.88. The summed E-state index contributed by atoms with van der Waals surface area (Å²) in [5, 5.41) is 3.17. The van der Waals surface area contributed by atoms with E-state index in [0.717, 1.165) is 62.7 Å². The fourth-order valence-corrected chi connectivity index (χ4v) is 5.36. The van der Waals surface area contributed by atoms with Gasteiger partial charge in [0.2, 0.25) is 11.8 Å². The van der Waals surface area contributed by atoms with Gasteiger partial charge in [0.15, 0.2) is 0 Å². The molecule has 1 N–H and O–H groups in total. The molecule has 5 nitrogen and oxygen atoms in total. The zero-order chi connectivity index (χ0) is 22.0. The lowest BCUT2D eigenvalue weighted by molar-refractivity contribution is -0.137. The maximum absolute atomic E-state index is 12.9. The lowest BCUT2D eigenvalue weighted by Gasteiger charge is -2.39. The molecular weight excluding hydrogens is 400 g/mol. The number of hydrogen-bond donors (Lipinski definition) is 1. The van der Waals surface area contributed by atoms with Crippen molar-refractivity contribution in [3.63, 3.8) is 0 Å². The monoisotopic (exact) mass is 432 g/mol. The molecular formula is C27H32N2O3. The molecule has 2 aromatic carbocycles. The summed E-state index contributed by atoms with van der Waals surface area (Å²) in [4.78, 5) is 27.6. The van der Waals surface area contributed by atoms with Gasteiger partial charge in [-0.2, -0.15) is 0 Å². The van der Waals surface area contributed by atoms with Crippen molar-refractivity contribution in [3.05, 3.63) is 71.8 Å². The Morgan fingerprint density at radius 2 is 1.56 bits per heavy atom. The van der Waals surface area contributed by atoms with Gasteiger partial charge in [0.1, 0.15) is 0 Å². The number of likely N-dealkylation sites (tertiary alicyclic amines) is 1. The standard InChI is InChI=1S/C27H32N2O3/c30-24(19-21-7-3-1-4-8-21)29-17-15-26(16-18-29)12-11-23(32-26)20-28-25(31)27(13-14-27)22-9-5-2-6-10-22/h1-10,23H,11-20H2,(H,28,31). The Bertz CT molecular complexity index is 947. The van der Waals surface area contributed by atoms with E-state index in [0.29, 0.717) is 13.0 Å². The Kier molecular flexibility index (Phi) is 5.76. The minimum absolute atomic E-state index is 0.0668. The van der Waals surface area contributed by atoms with Crippen LogP contribution in [0, 0.1) is 0 Å². The minimum Gasteiger partial charge on any atom is -0.370 e. The highest BCUT2D eigenvalue weighted by atomic mass is 16.5. The van der Waals surface area contributed by atoms with Gasteiger partial charge in [-0.25, -0.2) is 0 Å². The van der Waals surface area contributed by atoms with Crippen LogP contribution in [0.3, 0.4) is 0 Å². The number of piperidine rings is 1. The molecule has 1 aliphatic carbocycles. The first-order chi connectivity index (χ1) is 15.6. The van der Waals surface area contributed by atoms with E-state index in [-0.39, 0.29) is 28.9 Å². The van der Waals surface area contributed by atoms with Crippen LogP contribution in [0.15, 0.2) is 60.7 Å².